The highest BCUT2D eigenvalue weighted by molar-refractivity contribution is 7.75. The first-order valence-electron chi connectivity index (χ1n) is 15.5. The largest absolute Gasteiger partial charge is 1.00 e. The van der Waals surface area contributed by atoms with E-state index in [2.05, 4.69) is 41.5 Å². The zero-order chi connectivity index (χ0) is 28.8. The predicted octanol–water partition coefficient (Wildman–Crippen LogP) is 7.12. The smallest absolute Gasteiger partial charge is 0.110 e. The third-order valence-electron chi connectivity index (χ3n) is 6.64. The van der Waals surface area contributed by atoms with Crippen LogP contribution < -0.4 is 12.4 Å². The molecule has 0 rings (SSSR count). The Morgan fingerprint density at radius 1 is 0.561 bits per heavy atom. The summed E-state index contributed by atoms with van der Waals surface area (Å²) in [5.74, 6) is 0.108. The van der Waals surface area contributed by atoms with Crippen LogP contribution in [0.5, 0.6) is 0 Å². The fourth-order valence-electron chi connectivity index (χ4n) is 4.12. The number of hydrogen-bond acceptors (Lipinski definition) is 4. The Labute approximate surface area is 274 Å². The van der Waals surface area contributed by atoms with Gasteiger partial charge in [-0.2, -0.15) is 0 Å². The van der Waals surface area contributed by atoms with Crippen LogP contribution in [0, 0.1) is 0 Å². The van der Waals surface area contributed by atoms with E-state index in [-0.39, 0.29) is 53.8 Å². The third-order valence-corrected chi connectivity index (χ3v) is 14.8. The summed E-state index contributed by atoms with van der Waals surface area (Å²) in [6.45, 7) is 13.4. The molecule has 0 bridgehead atoms. The van der Waals surface area contributed by atoms with Gasteiger partial charge in [-0.1, -0.05) is 102 Å². The number of alkyl halides is 1. The maximum Gasteiger partial charge on any atom is 0.110 e. The summed E-state index contributed by atoms with van der Waals surface area (Å²) in [5.41, 5.74) is 0. The van der Waals surface area contributed by atoms with E-state index in [1.54, 1.807) is 18.5 Å². The van der Waals surface area contributed by atoms with Gasteiger partial charge in [0.25, 0.3) is 0 Å². The lowest BCUT2D eigenvalue weighted by molar-refractivity contribution is -0.0000136. The zero-order valence-electron chi connectivity index (χ0n) is 26.2. The van der Waals surface area contributed by atoms with Crippen molar-refractivity contribution in [2.45, 2.75) is 153 Å². The molecule has 41 heavy (non-hydrogen) atoms. The molecule has 0 aliphatic rings. The van der Waals surface area contributed by atoms with Crippen molar-refractivity contribution < 1.29 is 32.8 Å². The minimum absolute atomic E-state index is 0. The first-order valence-corrected chi connectivity index (χ1v) is 20.5. The van der Waals surface area contributed by atoms with Crippen molar-refractivity contribution >= 4 is 26.8 Å². The number of halogens is 2. The number of aliphatic hydroxyl groups is 4. The summed E-state index contributed by atoms with van der Waals surface area (Å²) in [6.07, 6.45) is 24.4. The molecule has 0 saturated carbocycles. The van der Waals surface area contributed by atoms with Crippen molar-refractivity contribution in [3.05, 3.63) is 0 Å². The van der Waals surface area contributed by atoms with Gasteiger partial charge in [0.1, 0.15) is 6.10 Å². The van der Waals surface area contributed by atoms with E-state index in [0.717, 1.165) is 6.16 Å². The van der Waals surface area contributed by atoms with Crippen LogP contribution in [0.4, 0.5) is 0 Å². The Hall–Kier alpha value is 1.28. The highest BCUT2D eigenvalue weighted by atomic mass is 35.5. The van der Waals surface area contributed by atoms with Gasteiger partial charge in [0.2, 0.25) is 0 Å². The summed E-state index contributed by atoms with van der Waals surface area (Å²) in [4.78, 5) is 0. The molecular weight excluding hydrogens is 593 g/mol. The van der Waals surface area contributed by atoms with Gasteiger partial charge in [0, 0.05) is 7.26 Å². The minimum Gasteiger partial charge on any atom is -1.00 e. The molecule has 0 radical (unpaired) electrons. The first-order chi connectivity index (χ1) is 17.8. The molecule has 0 heterocycles. The second-order valence-electron chi connectivity index (χ2n) is 10.5. The molecule has 0 amide bonds. The molecule has 0 aromatic carbocycles. The number of aliphatic hydroxyl groups excluding tert-OH is 4. The van der Waals surface area contributed by atoms with E-state index in [1.807, 2.05) is 0 Å². The van der Waals surface area contributed by atoms with E-state index < -0.39 is 19.5 Å². The summed E-state index contributed by atoms with van der Waals surface area (Å²) in [6, 6.07) is 0. The average molecular weight is 674 g/mol. The number of hydrogen-bond donors (Lipinski definition) is 4. The molecule has 0 aliphatic heterocycles. The van der Waals surface area contributed by atoms with Gasteiger partial charge in [-0.25, -0.2) is 0 Å². The molecule has 260 valence electrons. The topological polar surface area (TPSA) is 80.9 Å². The molecule has 0 saturated heterocycles. The van der Waals surface area contributed by atoms with Crippen LogP contribution in [0.2, 0.25) is 0 Å². The fourth-order valence-corrected chi connectivity index (χ4v) is 12.4. The molecule has 0 aliphatic carbocycles. The van der Waals surface area contributed by atoms with Crippen LogP contribution in [0.15, 0.2) is 0 Å². The highest BCUT2D eigenvalue weighted by Gasteiger charge is 2.37. The summed E-state index contributed by atoms with van der Waals surface area (Å²) < 4.78 is 0. The fraction of sp³-hybridized carbons (Fsp3) is 1.00. The molecule has 2 unspecified atom stereocenters. The van der Waals surface area contributed by atoms with Gasteiger partial charge >= 0.3 is 0 Å². The molecule has 0 fully saturated rings. The maximum atomic E-state index is 9.87. The predicted molar refractivity (Wildman–Crippen MR) is 194 cm³/mol. The van der Waals surface area contributed by atoms with E-state index in [1.165, 1.54) is 95.5 Å². The highest BCUT2D eigenvalue weighted by Crippen LogP contribution is 2.61. The van der Waals surface area contributed by atoms with Crippen molar-refractivity contribution in [3.63, 3.8) is 0 Å². The molecule has 8 heteroatoms. The Bertz CT molecular complexity index is 380. The Morgan fingerprint density at radius 3 is 1.05 bits per heavy atom. The van der Waals surface area contributed by atoms with Crippen LogP contribution in [-0.4, -0.2) is 94.9 Å². The number of unbranched alkanes of at least 4 members (excludes halogenated alkanes) is 6. The van der Waals surface area contributed by atoms with Crippen molar-refractivity contribution in [1.29, 1.82) is 0 Å². The van der Waals surface area contributed by atoms with Crippen molar-refractivity contribution in [2.75, 3.05) is 62.2 Å². The van der Waals surface area contributed by atoms with Gasteiger partial charge in [0.15, 0.2) is 0 Å². The van der Waals surface area contributed by atoms with Crippen LogP contribution in [-0.2, 0) is 0 Å². The van der Waals surface area contributed by atoms with Gasteiger partial charge in [-0.3, -0.25) is 0 Å². The minimum atomic E-state index is -1.03. The van der Waals surface area contributed by atoms with Gasteiger partial charge in [-0.15, -0.1) is 19.5 Å². The lowest BCUT2D eigenvalue weighted by Crippen LogP contribution is -3.00. The first kappa shape index (κ1) is 57.9. The lowest BCUT2D eigenvalue weighted by atomic mass is 10.4. The van der Waals surface area contributed by atoms with Crippen molar-refractivity contribution in [1.82, 2.24) is 0 Å². The Balaban J connectivity index is -0.0000000891. The monoisotopic (exact) mass is 672 g/mol. The van der Waals surface area contributed by atoms with Crippen LogP contribution in [0.3, 0.4) is 0 Å². The van der Waals surface area contributed by atoms with Crippen molar-refractivity contribution in [3.8, 4) is 0 Å². The Kier molecular flexibility index (Phi) is 64.5. The van der Waals surface area contributed by atoms with Gasteiger partial charge in [0.05, 0.1) is 49.8 Å². The number of rotatable bonds is 23. The average Bonchev–Trinajstić information content (AvgIpc) is 2.93. The molecule has 0 aromatic rings. The summed E-state index contributed by atoms with van der Waals surface area (Å²) in [7, 11) is -0.607. The second kappa shape index (κ2) is 45.7. The van der Waals surface area contributed by atoms with Crippen LogP contribution >= 0.6 is 26.8 Å². The molecule has 4 nitrogen and oxygen atoms in total. The lowest BCUT2D eigenvalue weighted by Gasteiger charge is -2.29. The van der Waals surface area contributed by atoms with Crippen LogP contribution in [0.1, 0.15) is 141 Å². The quantitative estimate of drug-likeness (QED) is 0.0689. The molecular formula is C33H80Cl2O4P2. The van der Waals surface area contributed by atoms with E-state index in [4.69, 9.17) is 26.9 Å². The van der Waals surface area contributed by atoms with E-state index in [9.17, 15) is 5.11 Å². The standard InChI is InChI=1S/C15H34O2P.C12H27P.C3H7ClO2.3CH4.ClH/c1-4-7-10-18(11-8-5-2,12-9-6-3)14-15(17)13-16;1-4-7-10-13(11-8-5-2)12-9-6-3;4-1-3(6)2-5;;;;/h15-17H,4-14H2,1-3H3;4-12H2,1-3H3;3,5-6H,1-2H2;3*1H4;1H/q+1;;;;;;/p-1. The SMILES string of the molecule is C.C.C.CCCCP(CCCC)CCCC.CCCC[P+](CCCC)(CCCC)CC(O)CO.OCC(O)CCl.[Cl-]. The van der Waals surface area contributed by atoms with Crippen LogP contribution in [0.25, 0.3) is 0 Å². The Morgan fingerprint density at radius 2 is 0.854 bits per heavy atom. The molecule has 0 aromatic heterocycles. The third kappa shape index (κ3) is 41.3. The van der Waals surface area contributed by atoms with Gasteiger partial charge < -0.3 is 32.8 Å². The van der Waals surface area contributed by atoms with E-state index >= 15 is 0 Å². The second-order valence-corrected chi connectivity index (χ2v) is 17.9. The normalized spacial score (nSPS) is 11.7. The van der Waals surface area contributed by atoms with Crippen molar-refractivity contribution in [2.24, 2.45) is 0 Å². The maximum absolute atomic E-state index is 9.87. The zero-order valence-corrected chi connectivity index (χ0v) is 29.5. The van der Waals surface area contributed by atoms with Gasteiger partial charge in [-0.05, 0) is 57.0 Å². The van der Waals surface area contributed by atoms with E-state index in [0.29, 0.717) is 7.92 Å². The molecule has 2 atom stereocenters. The summed E-state index contributed by atoms with van der Waals surface area (Å²) >= 11 is 5.04. The molecule has 0 spiro atoms. The molecule has 4 N–H and O–H groups in total. The summed E-state index contributed by atoms with van der Waals surface area (Å²) in [5, 5.41) is 35.3.